The molecule has 0 aromatic rings. The van der Waals surface area contributed by atoms with Gasteiger partial charge in [-0.2, -0.15) is 12.0 Å². The normalized spacial score (nSPS) is 12.0. The van der Waals surface area contributed by atoms with Crippen molar-refractivity contribution in [2.24, 2.45) is 5.50 Å². The third-order valence-corrected chi connectivity index (χ3v) is 5.30. The van der Waals surface area contributed by atoms with Crippen molar-refractivity contribution in [3.63, 3.8) is 0 Å². The molecule has 6 heteroatoms. The van der Waals surface area contributed by atoms with Gasteiger partial charge in [-0.25, -0.2) is 0 Å². The third-order valence-electron chi connectivity index (χ3n) is 1.77. The topological polar surface area (TPSA) is 59.5 Å². The number of nitrogens with zero attached hydrogens (tertiary/aromatic N) is 3. The monoisotopic (exact) mass is 223 g/mol. The molecular weight excluding hydrogens is 197 g/mol. The highest BCUT2D eigenvalue weighted by Gasteiger charge is 2.43. The van der Waals surface area contributed by atoms with E-state index >= 15 is 0 Å². The Kier molecular flexibility index (Phi) is 8.94. The zero-order chi connectivity index (χ0) is 11.9. The summed E-state index contributed by atoms with van der Waals surface area (Å²) in [6, 6.07) is 0. The standard InChI is InChI=1S/C6H20N4P.C2H6N/c1-8(2)11(7,9(3)4)10(5)6;1-2-3/h7H2,1-6H3;3H,2H2,1H3/q+1;-1. The van der Waals surface area contributed by atoms with Crippen LogP contribution >= 0.6 is 7.87 Å². The Labute approximate surface area is 89.6 Å². The second-order valence-electron chi connectivity index (χ2n) is 3.51. The Balaban J connectivity index is 0. The van der Waals surface area contributed by atoms with E-state index in [9.17, 15) is 0 Å². The van der Waals surface area contributed by atoms with Crippen molar-refractivity contribution in [2.75, 3.05) is 48.8 Å². The van der Waals surface area contributed by atoms with E-state index in [-0.39, 0.29) is 0 Å². The minimum absolute atomic E-state index is 0.500. The summed E-state index contributed by atoms with van der Waals surface area (Å²) in [5.41, 5.74) is 12.4. The van der Waals surface area contributed by atoms with Crippen molar-refractivity contribution < 1.29 is 0 Å². The highest BCUT2D eigenvalue weighted by atomic mass is 31.2. The van der Waals surface area contributed by atoms with Gasteiger partial charge in [-0.15, -0.1) is 14.0 Å². The average Bonchev–Trinajstić information content (AvgIpc) is 2.03. The Morgan fingerprint density at radius 1 is 0.929 bits per heavy atom. The van der Waals surface area contributed by atoms with Crippen LogP contribution in [-0.4, -0.2) is 62.8 Å². The van der Waals surface area contributed by atoms with Crippen molar-refractivity contribution in [3.8, 4) is 0 Å². The first-order valence-corrected chi connectivity index (χ1v) is 6.32. The van der Waals surface area contributed by atoms with Crippen molar-refractivity contribution in [2.45, 2.75) is 6.92 Å². The molecule has 0 unspecified atom stereocenters. The Bertz CT molecular complexity index is 116. The van der Waals surface area contributed by atoms with Crippen LogP contribution in [0, 0.1) is 0 Å². The lowest BCUT2D eigenvalue weighted by Gasteiger charge is -2.35. The summed E-state index contributed by atoms with van der Waals surface area (Å²) < 4.78 is 6.23. The van der Waals surface area contributed by atoms with Crippen LogP contribution in [0.2, 0.25) is 0 Å². The molecule has 0 heterocycles. The number of nitrogens with one attached hydrogen (secondary N) is 1. The summed E-state index contributed by atoms with van der Waals surface area (Å²) in [6.07, 6.45) is 0. The van der Waals surface area contributed by atoms with Crippen LogP contribution in [0.1, 0.15) is 6.92 Å². The predicted octanol–water partition coefficient (Wildman–Crippen LogP) is 1.37. The highest BCUT2D eigenvalue weighted by molar-refractivity contribution is 7.66. The summed E-state index contributed by atoms with van der Waals surface area (Å²) >= 11 is 0. The molecule has 0 saturated carbocycles. The molecule has 0 atom stereocenters. The van der Waals surface area contributed by atoms with E-state index in [2.05, 4.69) is 14.0 Å². The molecule has 0 fully saturated rings. The fourth-order valence-corrected chi connectivity index (χ4v) is 3.22. The zero-order valence-corrected chi connectivity index (χ0v) is 11.5. The van der Waals surface area contributed by atoms with Gasteiger partial charge in [0.15, 0.2) is 0 Å². The molecule has 5 nitrogen and oxygen atoms in total. The van der Waals surface area contributed by atoms with E-state index in [1.807, 2.05) is 42.3 Å². The first-order valence-electron chi connectivity index (χ1n) is 4.60. The van der Waals surface area contributed by atoms with Gasteiger partial charge in [0.1, 0.15) is 0 Å². The van der Waals surface area contributed by atoms with E-state index < -0.39 is 7.87 Å². The van der Waals surface area contributed by atoms with Gasteiger partial charge in [0.05, 0.1) is 0 Å². The predicted molar refractivity (Wildman–Crippen MR) is 67.0 cm³/mol. The molecule has 0 aromatic heterocycles. The largest absolute Gasteiger partial charge is 0.678 e. The lowest BCUT2D eigenvalue weighted by Crippen LogP contribution is -2.40. The van der Waals surface area contributed by atoms with E-state index in [0.29, 0.717) is 6.54 Å². The molecule has 0 amide bonds. The van der Waals surface area contributed by atoms with E-state index in [1.54, 1.807) is 6.92 Å². The first kappa shape index (κ1) is 16.7. The van der Waals surface area contributed by atoms with Crippen molar-refractivity contribution in [1.82, 2.24) is 14.0 Å². The van der Waals surface area contributed by atoms with Crippen LogP contribution in [0.4, 0.5) is 0 Å². The van der Waals surface area contributed by atoms with Gasteiger partial charge >= 0.3 is 7.87 Å². The summed E-state index contributed by atoms with van der Waals surface area (Å²) in [5.74, 6) is 0. The Morgan fingerprint density at radius 2 is 1.07 bits per heavy atom. The molecule has 88 valence electrons. The van der Waals surface area contributed by atoms with E-state index in [1.165, 1.54) is 0 Å². The van der Waals surface area contributed by atoms with Crippen LogP contribution in [0.25, 0.3) is 5.73 Å². The van der Waals surface area contributed by atoms with Gasteiger partial charge in [-0.1, -0.05) is 6.92 Å². The van der Waals surface area contributed by atoms with Crippen molar-refractivity contribution >= 4 is 7.87 Å². The molecule has 0 saturated heterocycles. The quantitative estimate of drug-likeness (QED) is 0.734. The number of nitrogens with two attached hydrogens (primary N) is 1. The fourth-order valence-electron chi connectivity index (χ4n) is 1.07. The minimum Gasteiger partial charge on any atom is -0.678 e. The molecule has 0 aliphatic heterocycles. The maximum absolute atomic E-state index is 6.22. The molecule has 0 radical (unpaired) electrons. The molecule has 0 aliphatic rings. The third kappa shape index (κ3) is 4.64. The van der Waals surface area contributed by atoms with E-state index in [4.69, 9.17) is 11.2 Å². The lowest BCUT2D eigenvalue weighted by molar-refractivity contribution is 0.460. The molecule has 0 bridgehead atoms. The maximum Gasteiger partial charge on any atom is 0.301 e. The summed E-state index contributed by atoms with van der Waals surface area (Å²) in [6.45, 7) is 2.29. The highest BCUT2D eigenvalue weighted by Crippen LogP contribution is 2.55. The van der Waals surface area contributed by atoms with Crippen molar-refractivity contribution in [3.05, 3.63) is 5.73 Å². The van der Waals surface area contributed by atoms with Crippen LogP contribution in [0.15, 0.2) is 0 Å². The molecule has 14 heavy (non-hydrogen) atoms. The first-order chi connectivity index (χ1) is 6.24. The smallest absolute Gasteiger partial charge is 0.301 e. The second-order valence-corrected chi connectivity index (χ2v) is 7.14. The molecular formula is C8H26N5P. The maximum atomic E-state index is 6.22. The lowest BCUT2D eigenvalue weighted by atomic mass is 10.8. The Hall–Kier alpha value is 0.230. The molecule has 3 N–H and O–H groups in total. The molecule has 0 rings (SSSR count). The SMILES string of the molecule is CC[NH-].CN(C)[P+](N)(N(C)C)N(C)C. The van der Waals surface area contributed by atoms with Crippen LogP contribution < -0.4 is 5.50 Å². The molecule has 0 spiro atoms. The van der Waals surface area contributed by atoms with Gasteiger partial charge in [0, 0.05) is 42.3 Å². The van der Waals surface area contributed by atoms with Crippen LogP contribution in [-0.2, 0) is 0 Å². The number of rotatable bonds is 3. The van der Waals surface area contributed by atoms with Gasteiger partial charge in [-0.3, -0.25) is 0 Å². The second kappa shape index (κ2) is 7.51. The zero-order valence-electron chi connectivity index (χ0n) is 10.6. The summed E-state index contributed by atoms with van der Waals surface area (Å²) in [7, 11) is 10.4. The summed E-state index contributed by atoms with van der Waals surface area (Å²) in [5, 5.41) is 0. The molecule has 0 aliphatic carbocycles. The van der Waals surface area contributed by atoms with Gasteiger partial charge in [0.25, 0.3) is 0 Å². The number of hydrogen-bond acceptors (Lipinski definition) is 4. The average molecular weight is 223 g/mol. The summed E-state index contributed by atoms with van der Waals surface area (Å²) in [4.78, 5) is 0. The minimum atomic E-state index is -1.69. The van der Waals surface area contributed by atoms with Crippen LogP contribution in [0.5, 0.6) is 0 Å². The van der Waals surface area contributed by atoms with Gasteiger partial charge in [-0.05, 0) is 0 Å². The van der Waals surface area contributed by atoms with Gasteiger partial charge < -0.3 is 5.73 Å². The Morgan fingerprint density at radius 3 is 1.07 bits per heavy atom. The fraction of sp³-hybridized carbons (Fsp3) is 1.00. The molecule has 0 aromatic carbocycles. The van der Waals surface area contributed by atoms with E-state index in [0.717, 1.165) is 0 Å². The number of hydrogen-bond donors (Lipinski definition) is 1. The van der Waals surface area contributed by atoms with Crippen molar-refractivity contribution in [1.29, 1.82) is 0 Å². The van der Waals surface area contributed by atoms with Crippen LogP contribution in [0.3, 0.4) is 0 Å². The van der Waals surface area contributed by atoms with Gasteiger partial charge in [0.2, 0.25) is 0 Å².